The predicted molar refractivity (Wildman–Crippen MR) is 398 cm³/mol. The van der Waals surface area contributed by atoms with E-state index in [4.69, 9.17) is 14.2 Å². The van der Waals surface area contributed by atoms with Gasteiger partial charge in [-0.15, -0.1) is 0 Å². The van der Waals surface area contributed by atoms with Gasteiger partial charge in [0, 0.05) is 12.8 Å². The van der Waals surface area contributed by atoms with Crippen LogP contribution < -0.4 is 5.32 Å². The highest BCUT2D eigenvalue weighted by molar-refractivity contribution is 5.76. The van der Waals surface area contributed by atoms with Crippen molar-refractivity contribution in [2.24, 2.45) is 0 Å². The van der Waals surface area contributed by atoms with Gasteiger partial charge in [0.25, 0.3) is 0 Å². The summed E-state index contributed by atoms with van der Waals surface area (Å²) in [6, 6.07) is -0.807. The first-order chi connectivity index (χ1) is 46.2. The molecule has 6 N–H and O–H groups in total. The molecule has 0 aromatic carbocycles. The maximum Gasteiger partial charge on any atom is 0.305 e. The summed E-state index contributed by atoms with van der Waals surface area (Å²) >= 11 is 0. The van der Waals surface area contributed by atoms with E-state index in [1.807, 2.05) is 6.08 Å². The molecule has 1 fully saturated rings. The highest BCUT2D eigenvalue weighted by Crippen LogP contribution is 2.24. The van der Waals surface area contributed by atoms with Gasteiger partial charge in [0.15, 0.2) is 6.29 Å². The number of hydrogen-bond donors (Lipinski definition) is 6. The molecule has 0 radical (unpaired) electrons. The average molecular weight is 1330 g/mol. The zero-order valence-corrected chi connectivity index (χ0v) is 62.0. The van der Waals surface area contributed by atoms with Gasteiger partial charge in [-0.25, -0.2) is 0 Å². The van der Waals surface area contributed by atoms with E-state index in [0.717, 1.165) is 57.8 Å². The topological polar surface area (TPSA) is 175 Å². The molecule has 1 heterocycles. The lowest BCUT2D eigenvalue weighted by Gasteiger charge is -2.40. The molecule has 1 aliphatic rings. The fraction of sp³-hybridized carbons (Fsp3) is 0.904. The Hall–Kier alpha value is -2.12. The highest BCUT2D eigenvalue weighted by Gasteiger charge is 2.44. The van der Waals surface area contributed by atoms with Crippen molar-refractivity contribution in [3.63, 3.8) is 0 Å². The molecule has 0 aromatic heterocycles. The first kappa shape index (κ1) is 89.9. The number of amides is 1. The smallest absolute Gasteiger partial charge is 0.305 e. The van der Waals surface area contributed by atoms with Crippen molar-refractivity contribution in [1.29, 1.82) is 0 Å². The van der Waals surface area contributed by atoms with Gasteiger partial charge in [-0.2, -0.15) is 0 Å². The molecule has 7 unspecified atom stereocenters. The van der Waals surface area contributed by atoms with Gasteiger partial charge in [0.1, 0.15) is 24.4 Å². The molecule has 1 amide bonds. The maximum absolute atomic E-state index is 13.1. The number of aliphatic hydroxyl groups excluding tert-OH is 5. The molecule has 0 spiro atoms. The molecule has 94 heavy (non-hydrogen) atoms. The molecule has 7 atom stereocenters. The lowest BCUT2D eigenvalue weighted by Crippen LogP contribution is -2.60. The summed E-state index contributed by atoms with van der Waals surface area (Å²) in [5.41, 5.74) is 0. The van der Waals surface area contributed by atoms with Crippen LogP contribution in [0.4, 0.5) is 0 Å². The van der Waals surface area contributed by atoms with Crippen LogP contribution in [-0.4, -0.2) is 100 Å². The van der Waals surface area contributed by atoms with E-state index in [9.17, 15) is 35.1 Å². The second-order valence-corrected chi connectivity index (χ2v) is 28.8. The maximum atomic E-state index is 13.1. The molecule has 0 bridgehead atoms. The molecule has 554 valence electrons. The number of esters is 1. The van der Waals surface area contributed by atoms with Crippen LogP contribution in [0.2, 0.25) is 0 Å². The van der Waals surface area contributed by atoms with Gasteiger partial charge < -0.3 is 45.1 Å². The number of carbonyl (C=O) groups is 2. The molecule has 1 saturated heterocycles. The van der Waals surface area contributed by atoms with E-state index >= 15 is 0 Å². The van der Waals surface area contributed by atoms with Gasteiger partial charge in [0.2, 0.25) is 5.91 Å². The van der Waals surface area contributed by atoms with Crippen LogP contribution in [-0.2, 0) is 23.8 Å². The molecular formula is C83H157NO10. The minimum atomic E-state index is -1.57. The Morgan fingerprint density at radius 3 is 1.02 bits per heavy atom. The molecule has 0 saturated carbocycles. The SMILES string of the molecule is CCCCCCC/C=C\CCCCCCCC(=O)OCCCCCCCCCCCCCCCCCCCC/C=C\CCCCCCCCCCCCCCCCCCCC(=O)NC(COC1OC(CO)C(O)C(O)C1O)C(O)/C=C/CCCCCCCCCCCCC. The highest BCUT2D eigenvalue weighted by atomic mass is 16.7. The summed E-state index contributed by atoms with van der Waals surface area (Å²) in [4.78, 5) is 25.2. The second kappa shape index (κ2) is 72.1. The standard InChI is InChI=1S/C83H157NO10/c1-3-5-7-9-11-13-15-17-47-51-55-59-63-67-71-79(88)92-72-68-64-60-56-52-48-44-42-40-38-36-34-32-30-28-26-24-22-20-18-19-21-23-25-27-29-31-33-35-37-39-41-43-46-50-54-58-62-66-70-78(87)84-75(74-93-83-82(91)81(90)80(89)77(73-85)94-83)76(86)69-65-61-57-53-49-45-16-14-12-10-8-6-4-2/h15,17-19,65,69,75-77,80-83,85-86,89-91H,3-14,16,20-64,66-68,70-74H2,1-2H3,(H,84,87)/b17-15-,19-18-,69-65+. The van der Waals surface area contributed by atoms with Crippen LogP contribution in [0, 0.1) is 0 Å². The van der Waals surface area contributed by atoms with E-state index in [0.29, 0.717) is 19.4 Å². The number of allylic oxidation sites excluding steroid dienone is 5. The third-order valence-corrected chi connectivity index (χ3v) is 19.7. The first-order valence-electron chi connectivity index (χ1n) is 41.3. The fourth-order valence-electron chi connectivity index (χ4n) is 13.3. The number of unbranched alkanes of at least 4 members (excludes halogenated alkanes) is 56. The summed E-state index contributed by atoms with van der Waals surface area (Å²) in [6.45, 7) is 4.39. The summed E-state index contributed by atoms with van der Waals surface area (Å²) in [5.74, 6) is -0.166. The van der Waals surface area contributed by atoms with Crippen molar-refractivity contribution < 1.29 is 49.3 Å². The van der Waals surface area contributed by atoms with Gasteiger partial charge in [-0.1, -0.05) is 359 Å². The number of ether oxygens (including phenoxy) is 3. The van der Waals surface area contributed by atoms with Crippen molar-refractivity contribution in [1.82, 2.24) is 5.32 Å². The van der Waals surface area contributed by atoms with Crippen LogP contribution in [0.1, 0.15) is 418 Å². The molecule has 1 rings (SSSR count). The number of rotatable bonds is 74. The number of nitrogens with one attached hydrogen (secondary N) is 1. The number of hydrogen-bond acceptors (Lipinski definition) is 10. The zero-order valence-electron chi connectivity index (χ0n) is 62.0. The van der Waals surface area contributed by atoms with Gasteiger partial charge in [-0.05, 0) is 83.5 Å². The fourth-order valence-corrected chi connectivity index (χ4v) is 13.3. The van der Waals surface area contributed by atoms with Crippen LogP contribution in [0.5, 0.6) is 0 Å². The van der Waals surface area contributed by atoms with Crippen LogP contribution in [0.25, 0.3) is 0 Å². The zero-order chi connectivity index (χ0) is 67.9. The Balaban J connectivity index is 1.88. The minimum absolute atomic E-state index is 0.00882. The summed E-state index contributed by atoms with van der Waals surface area (Å²) in [7, 11) is 0. The van der Waals surface area contributed by atoms with Crippen LogP contribution in [0.15, 0.2) is 36.5 Å². The van der Waals surface area contributed by atoms with Crippen LogP contribution >= 0.6 is 0 Å². The predicted octanol–water partition coefficient (Wildman–Crippen LogP) is 22.5. The molecular weight excluding hydrogens is 1170 g/mol. The molecule has 1 aliphatic heterocycles. The average Bonchev–Trinajstić information content (AvgIpc) is 0.901. The quantitative estimate of drug-likeness (QED) is 0.0195. The molecule has 11 heteroatoms. The van der Waals surface area contributed by atoms with E-state index in [1.54, 1.807) is 6.08 Å². The molecule has 0 aliphatic carbocycles. The van der Waals surface area contributed by atoms with E-state index in [1.165, 1.54) is 334 Å². The lowest BCUT2D eigenvalue weighted by molar-refractivity contribution is -0.302. The van der Waals surface area contributed by atoms with E-state index < -0.39 is 49.5 Å². The van der Waals surface area contributed by atoms with Crippen molar-refractivity contribution in [3.8, 4) is 0 Å². The van der Waals surface area contributed by atoms with Gasteiger partial charge in [0.05, 0.1) is 32.0 Å². The van der Waals surface area contributed by atoms with E-state index in [-0.39, 0.29) is 18.5 Å². The summed E-state index contributed by atoms with van der Waals surface area (Å²) in [5, 5.41) is 54.6. The van der Waals surface area contributed by atoms with Gasteiger partial charge >= 0.3 is 5.97 Å². The Labute approximate surface area is 581 Å². The third-order valence-electron chi connectivity index (χ3n) is 19.7. The molecule has 11 nitrogen and oxygen atoms in total. The summed E-state index contributed by atoms with van der Waals surface area (Å²) < 4.78 is 16.8. The lowest BCUT2D eigenvalue weighted by atomic mass is 9.99. The Morgan fingerprint density at radius 2 is 0.681 bits per heavy atom. The molecule has 0 aromatic rings. The Morgan fingerprint density at radius 1 is 0.383 bits per heavy atom. The normalized spacial score (nSPS) is 17.5. The minimum Gasteiger partial charge on any atom is -0.466 e. The van der Waals surface area contributed by atoms with Crippen molar-refractivity contribution in [2.75, 3.05) is 19.8 Å². The number of carbonyl (C=O) groups excluding carboxylic acids is 2. The Bertz CT molecular complexity index is 1660. The van der Waals surface area contributed by atoms with Crippen molar-refractivity contribution in [2.45, 2.75) is 461 Å². The van der Waals surface area contributed by atoms with E-state index in [2.05, 4.69) is 43.5 Å². The first-order valence-corrected chi connectivity index (χ1v) is 41.3. The van der Waals surface area contributed by atoms with Crippen molar-refractivity contribution in [3.05, 3.63) is 36.5 Å². The summed E-state index contributed by atoms with van der Waals surface area (Å²) in [6.07, 6.45) is 84.7. The monoisotopic (exact) mass is 1330 g/mol. The third kappa shape index (κ3) is 59.9. The number of aliphatic hydroxyl groups is 5. The Kier molecular flexibility index (Phi) is 69.0. The second-order valence-electron chi connectivity index (χ2n) is 28.8. The van der Waals surface area contributed by atoms with Gasteiger partial charge in [-0.3, -0.25) is 9.59 Å². The van der Waals surface area contributed by atoms with Crippen LogP contribution in [0.3, 0.4) is 0 Å². The van der Waals surface area contributed by atoms with Crippen molar-refractivity contribution >= 4 is 11.9 Å². The largest absolute Gasteiger partial charge is 0.466 e.